The number of anilines is 1. The van der Waals surface area contributed by atoms with E-state index in [0.29, 0.717) is 21.8 Å². The number of aromatic nitrogens is 3. The molecule has 1 saturated heterocycles. The quantitative estimate of drug-likeness (QED) is 0.899. The minimum Gasteiger partial charge on any atom is -0.372 e. The van der Waals surface area contributed by atoms with Gasteiger partial charge in [0.2, 0.25) is 0 Å². The third kappa shape index (κ3) is 3.48. The molecule has 1 fully saturated rings. The van der Waals surface area contributed by atoms with Gasteiger partial charge in [0.15, 0.2) is 0 Å². The van der Waals surface area contributed by atoms with Crippen LogP contribution in [0.4, 0.5) is 5.82 Å². The molecule has 0 aliphatic carbocycles. The lowest BCUT2D eigenvalue weighted by molar-refractivity contribution is -0.0264. The van der Waals surface area contributed by atoms with E-state index in [2.05, 4.69) is 20.5 Å². The summed E-state index contributed by atoms with van der Waals surface area (Å²) >= 11 is 12.0. The van der Waals surface area contributed by atoms with Crippen LogP contribution in [-0.2, 0) is 4.74 Å². The van der Waals surface area contributed by atoms with Crippen molar-refractivity contribution in [2.24, 2.45) is 5.92 Å². The summed E-state index contributed by atoms with van der Waals surface area (Å²) in [6, 6.07) is 3.64. The minimum absolute atomic E-state index is 0.0276. The number of nitrogens with one attached hydrogen (secondary N) is 2. The number of H-pyrrole nitrogens is 1. The highest BCUT2D eigenvalue weighted by molar-refractivity contribution is 6.35. The van der Waals surface area contributed by atoms with Crippen LogP contribution >= 0.6 is 23.2 Å². The Hall–Kier alpha value is -1.30. The van der Waals surface area contributed by atoms with Crippen LogP contribution in [0.25, 0.3) is 0 Å². The van der Waals surface area contributed by atoms with E-state index in [9.17, 15) is 0 Å². The maximum atomic E-state index is 6.13. The Morgan fingerprint density at radius 3 is 3.10 bits per heavy atom. The van der Waals surface area contributed by atoms with Crippen LogP contribution in [-0.4, -0.2) is 28.3 Å². The van der Waals surface area contributed by atoms with Gasteiger partial charge in [-0.2, -0.15) is 5.10 Å². The van der Waals surface area contributed by atoms with Gasteiger partial charge < -0.3 is 10.1 Å². The molecule has 2 aromatic heterocycles. The van der Waals surface area contributed by atoms with Crippen LogP contribution in [0.1, 0.15) is 24.6 Å². The summed E-state index contributed by atoms with van der Waals surface area (Å²) in [6.45, 7) is 1.51. The number of pyridine rings is 1. The largest absolute Gasteiger partial charge is 0.372 e. The van der Waals surface area contributed by atoms with Crippen LogP contribution in [0.15, 0.2) is 24.5 Å². The van der Waals surface area contributed by atoms with Gasteiger partial charge in [-0.15, -0.1) is 0 Å². The predicted molar refractivity (Wildman–Crippen MR) is 82.8 cm³/mol. The molecule has 7 heteroatoms. The summed E-state index contributed by atoms with van der Waals surface area (Å²) in [7, 11) is 0. The topological polar surface area (TPSA) is 62.8 Å². The van der Waals surface area contributed by atoms with E-state index in [-0.39, 0.29) is 6.10 Å². The lowest BCUT2D eigenvalue weighted by atomic mass is 9.92. The van der Waals surface area contributed by atoms with Crippen LogP contribution in [0.2, 0.25) is 10.0 Å². The molecule has 3 heterocycles. The first-order chi connectivity index (χ1) is 10.2. The number of rotatable bonds is 4. The van der Waals surface area contributed by atoms with Crippen molar-refractivity contribution in [3.63, 3.8) is 0 Å². The molecular weight excluding hydrogens is 311 g/mol. The Morgan fingerprint density at radius 2 is 2.33 bits per heavy atom. The molecule has 3 rings (SSSR count). The van der Waals surface area contributed by atoms with Gasteiger partial charge in [0, 0.05) is 31.5 Å². The number of halogens is 2. The zero-order valence-corrected chi connectivity index (χ0v) is 12.9. The Morgan fingerprint density at radius 1 is 1.43 bits per heavy atom. The van der Waals surface area contributed by atoms with Crippen molar-refractivity contribution in [3.8, 4) is 0 Å². The molecule has 0 saturated carbocycles. The smallest absolute Gasteiger partial charge is 0.144 e. The SMILES string of the molecule is Clc1cnc(NC[C@@H]2CCCO[C@H]2c2ccn[nH]2)c(Cl)c1. The van der Waals surface area contributed by atoms with E-state index in [1.807, 2.05) is 6.07 Å². The van der Waals surface area contributed by atoms with Crippen molar-refractivity contribution < 1.29 is 4.74 Å². The van der Waals surface area contributed by atoms with E-state index < -0.39 is 0 Å². The maximum Gasteiger partial charge on any atom is 0.144 e. The van der Waals surface area contributed by atoms with E-state index in [1.165, 1.54) is 0 Å². The lowest BCUT2D eigenvalue weighted by Crippen LogP contribution is -2.28. The molecule has 2 N–H and O–H groups in total. The van der Waals surface area contributed by atoms with E-state index >= 15 is 0 Å². The van der Waals surface area contributed by atoms with Gasteiger partial charge in [0.1, 0.15) is 11.9 Å². The molecule has 0 spiro atoms. The van der Waals surface area contributed by atoms with Gasteiger partial charge >= 0.3 is 0 Å². The average Bonchev–Trinajstić information content (AvgIpc) is 3.01. The van der Waals surface area contributed by atoms with E-state index in [0.717, 1.165) is 31.7 Å². The van der Waals surface area contributed by atoms with Crippen molar-refractivity contribution >= 4 is 29.0 Å². The van der Waals surface area contributed by atoms with Crippen molar-refractivity contribution in [2.75, 3.05) is 18.5 Å². The van der Waals surface area contributed by atoms with Crippen LogP contribution in [0.5, 0.6) is 0 Å². The predicted octanol–water partition coefficient (Wildman–Crippen LogP) is 3.69. The van der Waals surface area contributed by atoms with Gasteiger partial charge in [-0.3, -0.25) is 5.10 Å². The van der Waals surface area contributed by atoms with Crippen molar-refractivity contribution in [3.05, 3.63) is 40.3 Å². The zero-order chi connectivity index (χ0) is 14.7. The molecule has 1 aliphatic rings. The number of hydrogen-bond acceptors (Lipinski definition) is 4. The summed E-state index contributed by atoms with van der Waals surface area (Å²) in [6.07, 6.45) is 5.50. The number of aromatic amines is 1. The second-order valence-corrected chi connectivity index (χ2v) is 5.91. The standard InChI is InChI=1S/C14H16Cl2N4O/c15-10-6-11(16)14(18-8-10)17-7-9-2-1-5-21-13(9)12-3-4-19-20-12/h3-4,6,8-9,13H,1-2,5,7H2,(H,17,18)(H,19,20)/t9-,13+/m0/s1. The maximum absolute atomic E-state index is 6.13. The Balaban J connectivity index is 1.67. The monoisotopic (exact) mass is 326 g/mol. The van der Waals surface area contributed by atoms with Crippen molar-refractivity contribution in [1.82, 2.24) is 15.2 Å². The fourth-order valence-corrected chi connectivity index (χ4v) is 3.04. The van der Waals surface area contributed by atoms with Gasteiger partial charge in [0.25, 0.3) is 0 Å². The fraction of sp³-hybridized carbons (Fsp3) is 0.429. The first-order valence-electron chi connectivity index (χ1n) is 6.90. The summed E-state index contributed by atoms with van der Waals surface area (Å²) in [5.74, 6) is 0.989. The highest BCUT2D eigenvalue weighted by Crippen LogP contribution is 2.33. The van der Waals surface area contributed by atoms with E-state index in [1.54, 1.807) is 18.5 Å². The Bertz CT molecular complexity index is 591. The Kier molecular flexibility index (Phi) is 4.63. The van der Waals surface area contributed by atoms with Gasteiger partial charge in [-0.05, 0) is 25.0 Å². The molecule has 0 radical (unpaired) electrons. The molecule has 0 aromatic carbocycles. The van der Waals surface area contributed by atoms with Gasteiger partial charge in [-0.1, -0.05) is 23.2 Å². The summed E-state index contributed by atoms with van der Waals surface area (Å²) in [5, 5.41) is 11.3. The first kappa shape index (κ1) is 14.6. The molecule has 2 aromatic rings. The molecule has 5 nitrogen and oxygen atoms in total. The van der Waals surface area contributed by atoms with Crippen molar-refractivity contribution in [1.29, 1.82) is 0 Å². The fourth-order valence-electron chi connectivity index (χ4n) is 2.59. The van der Waals surface area contributed by atoms with E-state index in [4.69, 9.17) is 27.9 Å². The van der Waals surface area contributed by atoms with Crippen molar-refractivity contribution in [2.45, 2.75) is 18.9 Å². The summed E-state index contributed by atoms with van der Waals surface area (Å²) in [4.78, 5) is 4.21. The molecule has 0 unspecified atom stereocenters. The number of hydrogen-bond donors (Lipinski definition) is 2. The molecule has 112 valence electrons. The first-order valence-corrected chi connectivity index (χ1v) is 7.65. The zero-order valence-electron chi connectivity index (χ0n) is 11.4. The summed E-state index contributed by atoms with van der Waals surface area (Å²) in [5.41, 5.74) is 1.01. The molecule has 1 aliphatic heterocycles. The van der Waals surface area contributed by atoms with Crippen LogP contribution in [0, 0.1) is 5.92 Å². The summed E-state index contributed by atoms with van der Waals surface area (Å²) < 4.78 is 5.89. The number of ether oxygens (including phenoxy) is 1. The highest BCUT2D eigenvalue weighted by atomic mass is 35.5. The van der Waals surface area contributed by atoms with Crippen LogP contribution < -0.4 is 5.32 Å². The highest BCUT2D eigenvalue weighted by Gasteiger charge is 2.28. The second-order valence-electron chi connectivity index (χ2n) is 5.07. The molecule has 21 heavy (non-hydrogen) atoms. The number of nitrogens with zero attached hydrogens (tertiary/aromatic N) is 2. The third-order valence-electron chi connectivity index (χ3n) is 3.61. The molecule has 0 bridgehead atoms. The molecular formula is C14H16Cl2N4O. The third-order valence-corrected chi connectivity index (χ3v) is 4.11. The van der Waals surface area contributed by atoms with Gasteiger partial charge in [-0.25, -0.2) is 4.98 Å². The molecule has 2 atom stereocenters. The minimum atomic E-state index is 0.0276. The molecule has 0 amide bonds. The normalized spacial score (nSPS) is 22.2. The second kappa shape index (κ2) is 6.64. The average molecular weight is 327 g/mol. The van der Waals surface area contributed by atoms with Gasteiger partial charge in [0.05, 0.1) is 15.7 Å². The lowest BCUT2D eigenvalue weighted by Gasteiger charge is -2.31. The van der Waals surface area contributed by atoms with Crippen LogP contribution in [0.3, 0.4) is 0 Å². The Labute approximate surface area is 133 Å².